The van der Waals surface area contributed by atoms with Crippen molar-refractivity contribution in [2.45, 2.75) is 20.8 Å². The summed E-state index contributed by atoms with van der Waals surface area (Å²) in [5.74, 6) is 0.564. The molecule has 0 aliphatic rings. The number of ether oxygens (including phenoxy) is 1. The van der Waals surface area contributed by atoms with Gasteiger partial charge in [-0.1, -0.05) is 0 Å². The summed E-state index contributed by atoms with van der Waals surface area (Å²) in [5.41, 5.74) is 0.361. The molecule has 0 unspecified atom stereocenters. The molecule has 0 aliphatic heterocycles. The maximum absolute atomic E-state index is 12.2. The van der Waals surface area contributed by atoms with Crippen LogP contribution < -0.4 is 5.32 Å². The number of nitrogens with zero attached hydrogens (tertiary/aromatic N) is 3. The lowest BCUT2D eigenvalue weighted by Gasteiger charge is -2.20. The number of anilines is 1. The normalized spacial score (nSPS) is 10.3. The molecule has 1 aromatic rings. The zero-order valence-electron chi connectivity index (χ0n) is 11.8. The summed E-state index contributed by atoms with van der Waals surface area (Å²) in [4.78, 5) is 13.9. The molecule has 1 N–H and O–H groups in total. The van der Waals surface area contributed by atoms with Gasteiger partial charge in [0.2, 0.25) is 0 Å². The Hall–Kier alpha value is -1.69. The number of hydrogen-bond donors (Lipinski definition) is 1. The van der Waals surface area contributed by atoms with Crippen LogP contribution >= 0.6 is 0 Å². The van der Waals surface area contributed by atoms with E-state index in [-0.39, 0.29) is 5.91 Å². The molecule has 0 fully saturated rings. The second-order valence-corrected chi connectivity index (χ2v) is 3.92. The Balaban J connectivity index is 2.63. The van der Waals surface area contributed by atoms with Gasteiger partial charge in [0.25, 0.3) is 5.91 Å². The molecule has 0 saturated carbocycles. The molecular formula is C13H22N4O2. The number of carbonyl (C=O) groups is 1. The summed E-state index contributed by atoms with van der Waals surface area (Å²) in [6.45, 7) is 9.02. The van der Waals surface area contributed by atoms with Crippen molar-refractivity contribution in [2.75, 3.05) is 38.2 Å². The van der Waals surface area contributed by atoms with E-state index in [1.807, 2.05) is 20.8 Å². The van der Waals surface area contributed by atoms with E-state index in [4.69, 9.17) is 4.74 Å². The molecule has 19 heavy (non-hydrogen) atoms. The highest BCUT2D eigenvalue weighted by Gasteiger charge is 2.15. The van der Waals surface area contributed by atoms with Crippen LogP contribution in [0.15, 0.2) is 12.1 Å². The molecule has 1 amide bonds. The zero-order chi connectivity index (χ0) is 14.1. The van der Waals surface area contributed by atoms with Crippen LogP contribution in [0.25, 0.3) is 0 Å². The molecule has 6 nitrogen and oxygen atoms in total. The van der Waals surface area contributed by atoms with Crippen molar-refractivity contribution in [2.24, 2.45) is 0 Å². The Morgan fingerprint density at radius 3 is 2.63 bits per heavy atom. The van der Waals surface area contributed by atoms with E-state index in [1.165, 1.54) is 0 Å². The first-order valence-corrected chi connectivity index (χ1v) is 6.67. The monoisotopic (exact) mass is 266 g/mol. The third kappa shape index (κ3) is 4.82. The quantitative estimate of drug-likeness (QED) is 0.720. The molecule has 0 atom stereocenters. The van der Waals surface area contributed by atoms with Crippen molar-refractivity contribution in [1.29, 1.82) is 0 Å². The molecule has 1 rings (SSSR count). The van der Waals surface area contributed by atoms with Gasteiger partial charge < -0.3 is 15.0 Å². The third-order valence-corrected chi connectivity index (χ3v) is 2.62. The fourth-order valence-corrected chi connectivity index (χ4v) is 1.61. The van der Waals surface area contributed by atoms with Crippen LogP contribution in [0.4, 0.5) is 5.82 Å². The SMILES string of the molecule is CCNc1ccc(C(=O)N(CC)CCOCC)nn1. The van der Waals surface area contributed by atoms with E-state index in [1.54, 1.807) is 17.0 Å². The minimum Gasteiger partial charge on any atom is -0.380 e. The van der Waals surface area contributed by atoms with Crippen molar-refractivity contribution in [3.8, 4) is 0 Å². The molecule has 0 radical (unpaired) electrons. The maximum atomic E-state index is 12.2. The summed E-state index contributed by atoms with van der Waals surface area (Å²) < 4.78 is 5.26. The number of hydrogen-bond acceptors (Lipinski definition) is 5. The first-order chi connectivity index (χ1) is 9.22. The van der Waals surface area contributed by atoms with Crippen LogP contribution in [-0.4, -0.2) is 53.9 Å². The highest BCUT2D eigenvalue weighted by atomic mass is 16.5. The summed E-state index contributed by atoms with van der Waals surface area (Å²) in [6.07, 6.45) is 0. The number of amides is 1. The first-order valence-electron chi connectivity index (χ1n) is 6.67. The van der Waals surface area contributed by atoms with Crippen LogP contribution in [0, 0.1) is 0 Å². The van der Waals surface area contributed by atoms with Gasteiger partial charge in [-0.3, -0.25) is 4.79 Å². The van der Waals surface area contributed by atoms with Crippen molar-refractivity contribution in [1.82, 2.24) is 15.1 Å². The summed E-state index contributed by atoms with van der Waals surface area (Å²) in [6, 6.07) is 3.46. The molecule has 6 heteroatoms. The molecule has 0 aliphatic carbocycles. The lowest BCUT2D eigenvalue weighted by Crippen LogP contribution is -2.34. The van der Waals surface area contributed by atoms with E-state index in [0.29, 0.717) is 37.8 Å². The summed E-state index contributed by atoms with van der Waals surface area (Å²) >= 11 is 0. The molecular weight excluding hydrogens is 244 g/mol. The Morgan fingerprint density at radius 1 is 1.32 bits per heavy atom. The summed E-state index contributed by atoms with van der Waals surface area (Å²) in [5, 5.41) is 11.0. The van der Waals surface area contributed by atoms with E-state index in [0.717, 1.165) is 6.54 Å². The van der Waals surface area contributed by atoms with Crippen LogP contribution in [0.3, 0.4) is 0 Å². The number of carbonyl (C=O) groups excluding carboxylic acids is 1. The van der Waals surface area contributed by atoms with Gasteiger partial charge in [0.15, 0.2) is 5.69 Å². The average Bonchev–Trinajstić information content (AvgIpc) is 2.44. The van der Waals surface area contributed by atoms with Crippen molar-refractivity contribution in [3.05, 3.63) is 17.8 Å². The Labute approximate surface area is 114 Å². The van der Waals surface area contributed by atoms with Gasteiger partial charge in [-0.25, -0.2) is 0 Å². The second-order valence-electron chi connectivity index (χ2n) is 3.92. The molecule has 106 valence electrons. The van der Waals surface area contributed by atoms with Gasteiger partial charge in [0.05, 0.1) is 6.61 Å². The van der Waals surface area contributed by atoms with Crippen LogP contribution in [-0.2, 0) is 4.74 Å². The van der Waals surface area contributed by atoms with E-state index in [2.05, 4.69) is 15.5 Å². The molecule has 1 heterocycles. The topological polar surface area (TPSA) is 67.4 Å². The lowest BCUT2D eigenvalue weighted by atomic mass is 10.3. The predicted octanol–water partition coefficient (Wildman–Crippen LogP) is 1.41. The molecule has 0 spiro atoms. The highest BCUT2D eigenvalue weighted by molar-refractivity contribution is 5.92. The van der Waals surface area contributed by atoms with Crippen molar-refractivity contribution >= 4 is 11.7 Å². The van der Waals surface area contributed by atoms with Gasteiger partial charge in [0, 0.05) is 26.2 Å². The second kappa shape index (κ2) is 8.42. The van der Waals surface area contributed by atoms with Crippen LogP contribution in [0.2, 0.25) is 0 Å². The Morgan fingerprint density at radius 2 is 2.11 bits per heavy atom. The molecule has 0 aromatic carbocycles. The van der Waals surface area contributed by atoms with Gasteiger partial charge in [-0.2, -0.15) is 0 Å². The van der Waals surface area contributed by atoms with Gasteiger partial charge in [-0.05, 0) is 32.9 Å². The minimum atomic E-state index is -0.113. The standard InChI is InChI=1S/C13H22N4O2/c1-4-14-12-8-7-11(15-16-12)13(18)17(5-2)9-10-19-6-3/h7-8H,4-6,9-10H2,1-3H3,(H,14,16). The van der Waals surface area contributed by atoms with E-state index < -0.39 is 0 Å². The predicted molar refractivity (Wildman–Crippen MR) is 74.3 cm³/mol. The Bertz CT molecular complexity index is 381. The van der Waals surface area contributed by atoms with Crippen LogP contribution in [0.1, 0.15) is 31.3 Å². The Kier molecular flexibility index (Phi) is 6.81. The summed E-state index contributed by atoms with van der Waals surface area (Å²) in [7, 11) is 0. The minimum absolute atomic E-state index is 0.113. The van der Waals surface area contributed by atoms with Gasteiger partial charge in [0.1, 0.15) is 5.82 Å². The van der Waals surface area contributed by atoms with Crippen LogP contribution in [0.5, 0.6) is 0 Å². The number of nitrogens with one attached hydrogen (secondary N) is 1. The molecule has 1 aromatic heterocycles. The van der Waals surface area contributed by atoms with Crippen molar-refractivity contribution in [3.63, 3.8) is 0 Å². The van der Waals surface area contributed by atoms with E-state index >= 15 is 0 Å². The van der Waals surface area contributed by atoms with Gasteiger partial charge in [-0.15, -0.1) is 10.2 Å². The number of likely N-dealkylation sites (N-methyl/N-ethyl adjacent to an activating group) is 1. The number of rotatable bonds is 8. The first kappa shape index (κ1) is 15.4. The third-order valence-electron chi connectivity index (χ3n) is 2.62. The average molecular weight is 266 g/mol. The fourth-order valence-electron chi connectivity index (χ4n) is 1.61. The number of aromatic nitrogens is 2. The molecule has 0 bridgehead atoms. The highest BCUT2D eigenvalue weighted by Crippen LogP contribution is 2.05. The lowest BCUT2D eigenvalue weighted by molar-refractivity contribution is 0.0663. The van der Waals surface area contributed by atoms with E-state index in [9.17, 15) is 4.79 Å². The van der Waals surface area contributed by atoms with Gasteiger partial charge >= 0.3 is 0 Å². The largest absolute Gasteiger partial charge is 0.380 e. The molecule has 0 saturated heterocycles. The van der Waals surface area contributed by atoms with Crippen molar-refractivity contribution < 1.29 is 9.53 Å². The maximum Gasteiger partial charge on any atom is 0.274 e. The zero-order valence-corrected chi connectivity index (χ0v) is 11.8. The smallest absolute Gasteiger partial charge is 0.274 e. The fraction of sp³-hybridized carbons (Fsp3) is 0.615.